The summed E-state index contributed by atoms with van der Waals surface area (Å²) in [4.78, 5) is 25.5. The molecule has 2 aliphatic rings. The first-order valence-corrected chi connectivity index (χ1v) is 7.73. The molecule has 1 N–H and O–H groups in total. The molecule has 1 saturated heterocycles. The van der Waals surface area contributed by atoms with Gasteiger partial charge < -0.3 is 5.32 Å². The van der Waals surface area contributed by atoms with E-state index in [9.17, 15) is 9.59 Å². The lowest BCUT2D eigenvalue weighted by Gasteiger charge is -2.16. The molecule has 1 saturated carbocycles. The number of benzene rings is 1. The van der Waals surface area contributed by atoms with Gasteiger partial charge in [-0.25, -0.2) is 0 Å². The minimum absolute atomic E-state index is 0.0619. The summed E-state index contributed by atoms with van der Waals surface area (Å²) in [6.07, 6.45) is 2.13. The third-order valence-corrected chi connectivity index (χ3v) is 4.70. The molecule has 2 fully saturated rings. The van der Waals surface area contributed by atoms with Crippen LogP contribution in [0.2, 0.25) is 0 Å². The maximum atomic E-state index is 12.2. The number of para-hydroxylation sites is 1. The van der Waals surface area contributed by atoms with Crippen molar-refractivity contribution in [1.29, 1.82) is 0 Å². The zero-order chi connectivity index (χ0) is 13.6. The van der Waals surface area contributed by atoms with Crippen molar-refractivity contribution in [2.45, 2.75) is 31.3 Å². The SMILES string of the molecule is O=C1CC(Nc2c(Br)cccc2Br)C(=O)N1C1CC1. The van der Waals surface area contributed by atoms with E-state index >= 15 is 0 Å². The maximum absolute atomic E-state index is 12.2. The molecule has 1 aromatic carbocycles. The highest BCUT2D eigenvalue weighted by Crippen LogP contribution is 2.35. The molecule has 1 aliphatic heterocycles. The van der Waals surface area contributed by atoms with E-state index in [4.69, 9.17) is 0 Å². The second-order valence-corrected chi connectivity index (χ2v) is 6.54. The van der Waals surface area contributed by atoms with Gasteiger partial charge in [0.15, 0.2) is 0 Å². The second-order valence-electron chi connectivity index (χ2n) is 4.83. The Hall–Kier alpha value is -0.880. The summed E-state index contributed by atoms with van der Waals surface area (Å²) in [5.74, 6) is -0.164. The largest absolute Gasteiger partial charge is 0.371 e. The Kier molecular flexibility index (Phi) is 3.39. The summed E-state index contributed by atoms with van der Waals surface area (Å²) >= 11 is 6.89. The van der Waals surface area contributed by atoms with Crippen LogP contribution in [0.1, 0.15) is 19.3 Å². The number of amides is 2. The van der Waals surface area contributed by atoms with Gasteiger partial charge in [-0.05, 0) is 56.8 Å². The molecular formula is C13H12Br2N2O2. The lowest BCUT2D eigenvalue weighted by atomic mass is 10.2. The Morgan fingerprint density at radius 3 is 2.37 bits per heavy atom. The minimum Gasteiger partial charge on any atom is -0.371 e. The summed E-state index contributed by atoms with van der Waals surface area (Å²) in [5, 5.41) is 3.16. The van der Waals surface area contributed by atoms with Crippen LogP contribution in [0.5, 0.6) is 0 Å². The van der Waals surface area contributed by atoms with Crippen molar-refractivity contribution < 1.29 is 9.59 Å². The van der Waals surface area contributed by atoms with E-state index < -0.39 is 6.04 Å². The number of nitrogens with one attached hydrogen (secondary N) is 1. The van der Waals surface area contributed by atoms with Gasteiger partial charge in [-0.3, -0.25) is 14.5 Å². The van der Waals surface area contributed by atoms with Gasteiger partial charge in [-0.1, -0.05) is 6.07 Å². The van der Waals surface area contributed by atoms with Crippen molar-refractivity contribution in [3.05, 3.63) is 27.1 Å². The third-order valence-electron chi connectivity index (χ3n) is 3.38. The van der Waals surface area contributed by atoms with E-state index in [1.807, 2.05) is 18.2 Å². The Bertz CT molecular complexity index is 537. The summed E-state index contributed by atoms with van der Waals surface area (Å²) < 4.78 is 1.74. The first-order chi connectivity index (χ1) is 9.08. The Morgan fingerprint density at radius 1 is 1.16 bits per heavy atom. The molecule has 100 valence electrons. The van der Waals surface area contributed by atoms with Gasteiger partial charge in [-0.2, -0.15) is 0 Å². The maximum Gasteiger partial charge on any atom is 0.252 e. The van der Waals surface area contributed by atoms with Crippen LogP contribution in [0.4, 0.5) is 5.69 Å². The molecule has 1 aromatic rings. The first-order valence-electron chi connectivity index (χ1n) is 6.14. The topological polar surface area (TPSA) is 49.4 Å². The fourth-order valence-corrected chi connectivity index (χ4v) is 3.52. The predicted molar refractivity (Wildman–Crippen MR) is 78.7 cm³/mol. The van der Waals surface area contributed by atoms with Gasteiger partial charge >= 0.3 is 0 Å². The number of carbonyl (C=O) groups excluding carboxylic acids is 2. The average Bonchev–Trinajstić information content (AvgIpc) is 3.13. The van der Waals surface area contributed by atoms with E-state index in [-0.39, 0.29) is 24.3 Å². The number of hydrogen-bond acceptors (Lipinski definition) is 3. The van der Waals surface area contributed by atoms with E-state index in [1.54, 1.807) is 0 Å². The van der Waals surface area contributed by atoms with Crippen LogP contribution >= 0.6 is 31.9 Å². The van der Waals surface area contributed by atoms with E-state index in [1.165, 1.54) is 4.90 Å². The van der Waals surface area contributed by atoms with Crippen LogP contribution in [0, 0.1) is 0 Å². The molecule has 1 unspecified atom stereocenters. The molecule has 0 aromatic heterocycles. The standard InChI is InChI=1S/C13H12Br2N2O2/c14-8-2-1-3-9(15)12(8)16-10-6-11(18)17(13(10)19)7-4-5-7/h1-3,7,10,16H,4-6H2. The Balaban J connectivity index is 1.81. The molecule has 1 aliphatic carbocycles. The van der Waals surface area contributed by atoms with Crippen LogP contribution in [0.15, 0.2) is 27.1 Å². The number of likely N-dealkylation sites (tertiary alicyclic amines) is 1. The van der Waals surface area contributed by atoms with Crippen molar-refractivity contribution in [2.24, 2.45) is 0 Å². The van der Waals surface area contributed by atoms with Crippen LogP contribution in [0.25, 0.3) is 0 Å². The van der Waals surface area contributed by atoms with Crippen LogP contribution < -0.4 is 5.32 Å². The lowest BCUT2D eigenvalue weighted by molar-refractivity contribution is -0.139. The number of carbonyl (C=O) groups is 2. The highest BCUT2D eigenvalue weighted by Gasteiger charge is 2.46. The third kappa shape index (κ3) is 2.43. The number of hydrogen-bond donors (Lipinski definition) is 1. The smallest absolute Gasteiger partial charge is 0.252 e. The van der Waals surface area contributed by atoms with Crippen LogP contribution in [-0.4, -0.2) is 28.8 Å². The molecule has 1 atom stereocenters. The molecular weight excluding hydrogens is 376 g/mol. The molecule has 4 nitrogen and oxygen atoms in total. The summed E-state index contributed by atoms with van der Waals surface area (Å²) in [6.45, 7) is 0. The second kappa shape index (κ2) is 4.90. The van der Waals surface area contributed by atoms with E-state index in [0.717, 1.165) is 27.5 Å². The normalized spacial score (nSPS) is 23.1. The van der Waals surface area contributed by atoms with E-state index in [0.29, 0.717) is 0 Å². The first kappa shape index (κ1) is 13.1. The predicted octanol–water partition coefficient (Wildman–Crippen LogP) is 2.91. The van der Waals surface area contributed by atoms with Gasteiger partial charge in [-0.15, -0.1) is 0 Å². The average molecular weight is 388 g/mol. The number of halogens is 2. The highest BCUT2D eigenvalue weighted by atomic mass is 79.9. The zero-order valence-electron chi connectivity index (χ0n) is 10.0. The summed E-state index contributed by atoms with van der Waals surface area (Å²) in [6, 6.07) is 5.38. The van der Waals surface area contributed by atoms with Gasteiger partial charge in [0.25, 0.3) is 5.91 Å². The van der Waals surface area contributed by atoms with E-state index in [2.05, 4.69) is 37.2 Å². The summed E-state index contributed by atoms with van der Waals surface area (Å²) in [7, 11) is 0. The molecule has 2 amide bonds. The Labute approximate surface area is 127 Å². The monoisotopic (exact) mass is 386 g/mol. The molecule has 6 heteroatoms. The lowest BCUT2D eigenvalue weighted by Crippen LogP contribution is -2.36. The van der Waals surface area contributed by atoms with Gasteiger partial charge in [0.2, 0.25) is 5.91 Å². The quantitative estimate of drug-likeness (QED) is 0.811. The number of anilines is 1. The van der Waals surface area contributed by atoms with Gasteiger partial charge in [0.1, 0.15) is 6.04 Å². The van der Waals surface area contributed by atoms with Crippen molar-refractivity contribution in [1.82, 2.24) is 4.90 Å². The molecule has 19 heavy (non-hydrogen) atoms. The number of imide groups is 1. The van der Waals surface area contributed by atoms with Crippen molar-refractivity contribution in [3.8, 4) is 0 Å². The molecule has 0 bridgehead atoms. The highest BCUT2D eigenvalue weighted by molar-refractivity contribution is 9.11. The van der Waals surface area contributed by atoms with Crippen molar-refractivity contribution >= 4 is 49.4 Å². The fraction of sp³-hybridized carbons (Fsp3) is 0.385. The number of rotatable bonds is 3. The van der Waals surface area contributed by atoms with Crippen molar-refractivity contribution in [3.63, 3.8) is 0 Å². The van der Waals surface area contributed by atoms with Gasteiger partial charge in [0.05, 0.1) is 12.1 Å². The Morgan fingerprint density at radius 2 is 1.79 bits per heavy atom. The van der Waals surface area contributed by atoms with Crippen LogP contribution in [-0.2, 0) is 9.59 Å². The summed E-state index contributed by atoms with van der Waals surface area (Å²) in [5.41, 5.74) is 0.811. The minimum atomic E-state index is -0.455. The van der Waals surface area contributed by atoms with Gasteiger partial charge in [0, 0.05) is 15.0 Å². The molecule has 3 rings (SSSR count). The molecule has 0 spiro atoms. The molecule has 0 radical (unpaired) electrons. The van der Waals surface area contributed by atoms with Crippen molar-refractivity contribution in [2.75, 3.05) is 5.32 Å². The zero-order valence-corrected chi connectivity index (χ0v) is 13.2. The molecule has 1 heterocycles. The fourth-order valence-electron chi connectivity index (χ4n) is 2.29. The number of nitrogens with zero attached hydrogens (tertiary/aromatic N) is 1. The van der Waals surface area contributed by atoms with Crippen LogP contribution in [0.3, 0.4) is 0 Å².